The van der Waals surface area contributed by atoms with Crippen LogP contribution in [0.25, 0.3) is 33.5 Å². The molecule has 2 aromatic carbocycles. The van der Waals surface area contributed by atoms with Gasteiger partial charge in [-0.3, -0.25) is 4.79 Å². The molecule has 186 valence electrons. The van der Waals surface area contributed by atoms with Gasteiger partial charge in [0.1, 0.15) is 17.5 Å². The van der Waals surface area contributed by atoms with Crippen LogP contribution in [0.5, 0.6) is 0 Å². The zero-order valence-corrected chi connectivity index (χ0v) is 19.7. The molecule has 2 aromatic heterocycles. The summed E-state index contributed by atoms with van der Waals surface area (Å²) >= 11 is 0. The van der Waals surface area contributed by atoms with Crippen molar-refractivity contribution in [2.75, 3.05) is 5.32 Å². The fraction of sp³-hybridized carbons (Fsp3) is 0.286. The van der Waals surface area contributed by atoms with E-state index in [0.29, 0.717) is 28.0 Å². The van der Waals surface area contributed by atoms with Gasteiger partial charge < -0.3 is 15.4 Å². The van der Waals surface area contributed by atoms with Crippen LogP contribution in [0.1, 0.15) is 31.2 Å². The van der Waals surface area contributed by atoms with Crippen molar-refractivity contribution in [3.05, 3.63) is 65.9 Å². The number of halogens is 2. The second kappa shape index (κ2) is 8.96. The van der Waals surface area contributed by atoms with Crippen LogP contribution in [0.15, 0.2) is 48.7 Å². The predicted molar refractivity (Wildman–Crippen MR) is 133 cm³/mol. The van der Waals surface area contributed by atoms with Crippen LogP contribution in [-0.4, -0.2) is 32.1 Å². The average Bonchev–Trinajstić information content (AvgIpc) is 3.33. The summed E-state index contributed by atoms with van der Waals surface area (Å²) in [7, 11) is 0. The van der Waals surface area contributed by atoms with E-state index in [1.54, 1.807) is 30.3 Å². The van der Waals surface area contributed by atoms with E-state index in [-0.39, 0.29) is 29.2 Å². The number of anilines is 1. The number of benzene rings is 2. The molecule has 0 amide bonds. The van der Waals surface area contributed by atoms with Crippen molar-refractivity contribution >= 4 is 22.7 Å². The molecule has 3 saturated carbocycles. The summed E-state index contributed by atoms with van der Waals surface area (Å²) in [6, 6.07) is 12.5. The fourth-order valence-corrected chi connectivity index (χ4v) is 6.03. The largest absolute Gasteiger partial charge is 0.481 e. The van der Waals surface area contributed by atoms with Gasteiger partial charge in [-0.05, 0) is 55.7 Å². The molecule has 2 atom stereocenters. The number of aromatic nitrogens is 3. The van der Waals surface area contributed by atoms with Crippen LogP contribution in [-0.2, 0) is 4.79 Å². The molecule has 0 spiro atoms. The molecule has 0 saturated heterocycles. The molecule has 3 aliphatic rings. The molecule has 7 rings (SSSR count). The van der Waals surface area contributed by atoms with E-state index in [4.69, 9.17) is 10.2 Å². The summed E-state index contributed by atoms with van der Waals surface area (Å²) in [4.78, 5) is 24.4. The summed E-state index contributed by atoms with van der Waals surface area (Å²) in [5, 5.41) is 22.9. The molecule has 2 bridgehead atoms. The number of rotatable bonds is 5. The molecule has 4 aromatic rings. The molecule has 0 radical (unpaired) electrons. The molecule has 3 fully saturated rings. The van der Waals surface area contributed by atoms with Gasteiger partial charge in [-0.1, -0.05) is 12.1 Å². The van der Waals surface area contributed by atoms with E-state index in [1.807, 2.05) is 0 Å². The van der Waals surface area contributed by atoms with Gasteiger partial charge in [-0.25, -0.2) is 18.7 Å². The Bertz CT molecular complexity index is 1550. The SMILES string of the molecule is N#Cc1ccc(-c2cc(N[C@H]3C4CCC(CC4)[C@@H]3C(=O)O)nc(-c3c[nH]c4c(F)cc(F)cc34)n2)cc1. The first-order valence-corrected chi connectivity index (χ1v) is 12.3. The summed E-state index contributed by atoms with van der Waals surface area (Å²) in [5.41, 5.74) is 2.33. The third-order valence-corrected chi connectivity index (χ3v) is 7.80. The lowest BCUT2D eigenvalue weighted by Gasteiger charge is -2.47. The highest BCUT2D eigenvalue weighted by Crippen LogP contribution is 2.46. The first kappa shape index (κ1) is 23.1. The zero-order valence-electron chi connectivity index (χ0n) is 19.7. The number of carboxylic acid groups (broad SMARTS) is 1. The van der Waals surface area contributed by atoms with Gasteiger partial charge in [-0.15, -0.1) is 0 Å². The van der Waals surface area contributed by atoms with Gasteiger partial charge in [0.25, 0.3) is 0 Å². The fourth-order valence-electron chi connectivity index (χ4n) is 6.03. The Balaban J connectivity index is 1.47. The van der Waals surface area contributed by atoms with Gasteiger partial charge in [0.15, 0.2) is 5.82 Å². The minimum Gasteiger partial charge on any atom is -0.481 e. The highest BCUT2D eigenvalue weighted by Gasteiger charge is 2.47. The smallest absolute Gasteiger partial charge is 0.308 e. The summed E-state index contributed by atoms with van der Waals surface area (Å²) < 4.78 is 28.5. The van der Waals surface area contributed by atoms with Gasteiger partial charge in [0, 0.05) is 40.9 Å². The maximum Gasteiger partial charge on any atom is 0.308 e. The lowest BCUT2D eigenvalue weighted by Crippen LogP contribution is -2.51. The second-order valence-corrected chi connectivity index (χ2v) is 9.87. The Kier molecular flexibility index (Phi) is 5.60. The van der Waals surface area contributed by atoms with Gasteiger partial charge in [0.05, 0.1) is 28.8 Å². The predicted octanol–water partition coefficient (Wildman–Crippen LogP) is 5.74. The van der Waals surface area contributed by atoms with Crippen LogP contribution in [0.3, 0.4) is 0 Å². The Morgan fingerprint density at radius 3 is 2.49 bits per heavy atom. The van der Waals surface area contributed by atoms with Crippen LogP contribution >= 0.6 is 0 Å². The maximum atomic E-state index is 14.4. The number of aromatic amines is 1. The highest BCUT2D eigenvalue weighted by atomic mass is 19.1. The van der Waals surface area contributed by atoms with Crippen LogP contribution in [0, 0.1) is 40.7 Å². The van der Waals surface area contributed by atoms with E-state index >= 15 is 0 Å². The molecular formula is C28H23F2N5O2. The number of carboxylic acids is 1. The minimum atomic E-state index is -0.809. The number of carbonyl (C=O) groups is 1. The molecular weight excluding hydrogens is 476 g/mol. The van der Waals surface area contributed by atoms with E-state index in [0.717, 1.165) is 37.3 Å². The Labute approximate surface area is 211 Å². The number of nitrogens with one attached hydrogen (secondary N) is 2. The van der Waals surface area contributed by atoms with Crippen LogP contribution < -0.4 is 5.32 Å². The topological polar surface area (TPSA) is 115 Å². The third-order valence-electron chi connectivity index (χ3n) is 7.80. The van der Waals surface area contributed by atoms with Crippen molar-refractivity contribution in [3.63, 3.8) is 0 Å². The van der Waals surface area contributed by atoms with Gasteiger partial charge in [0.2, 0.25) is 0 Å². The molecule has 9 heteroatoms. The Hall–Kier alpha value is -4.32. The molecule has 7 nitrogen and oxygen atoms in total. The van der Waals surface area contributed by atoms with Crippen molar-refractivity contribution in [1.29, 1.82) is 5.26 Å². The summed E-state index contributed by atoms with van der Waals surface area (Å²) in [6.07, 6.45) is 5.30. The van der Waals surface area contributed by atoms with Crippen molar-refractivity contribution < 1.29 is 18.7 Å². The first-order chi connectivity index (χ1) is 17.9. The van der Waals surface area contributed by atoms with E-state index in [1.165, 1.54) is 12.3 Å². The standard InChI is InChI=1S/C28H23F2N5O2/c29-18-9-19-20(13-32-26(19)21(30)10-18)27-33-22(15-3-1-14(12-31)2-4-15)11-23(35-27)34-25-17-7-5-16(6-8-17)24(25)28(36)37/h1-4,9-11,13,16-17,24-25,32H,5-8H2,(H,36,37)(H,33,34,35)/t16?,17?,24-,25-/m0/s1. The number of hydrogen-bond acceptors (Lipinski definition) is 5. The number of nitrogens with zero attached hydrogens (tertiary/aromatic N) is 3. The lowest BCUT2D eigenvalue weighted by atomic mass is 9.61. The lowest BCUT2D eigenvalue weighted by molar-refractivity contribution is -0.148. The van der Waals surface area contributed by atoms with E-state index in [2.05, 4.69) is 21.4 Å². The number of hydrogen-bond donors (Lipinski definition) is 3. The average molecular weight is 500 g/mol. The minimum absolute atomic E-state index is 0.124. The Morgan fingerprint density at radius 2 is 1.78 bits per heavy atom. The molecule has 3 aliphatic carbocycles. The second-order valence-electron chi connectivity index (χ2n) is 9.87. The molecule has 0 unspecified atom stereocenters. The molecule has 0 aliphatic heterocycles. The van der Waals surface area contributed by atoms with Crippen LogP contribution in [0.2, 0.25) is 0 Å². The summed E-state index contributed by atoms with van der Waals surface area (Å²) in [5.74, 6) is -1.72. The zero-order chi connectivity index (χ0) is 25.7. The molecule has 3 N–H and O–H groups in total. The van der Waals surface area contributed by atoms with Crippen molar-refractivity contribution in [2.24, 2.45) is 17.8 Å². The van der Waals surface area contributed by atoms with Crippen molar-refractivity contribution in [3.8, 4) is 28.7 Å². The van der Waals surface area contributed by atoms with Crippen molar-refractivity contribution in [2.45, 2.75) is 31.7 Å². The highest BCUT2D eigenvalue weighted by molar-refractivity contribution is 5.94. The van der Waals surface area contributed by atoms with Crippen LogP contribution in [0.4, 0.5) is 14.6 Å². The van der Waals surface area contributed by atoms with Gasteiger partial charge >= 0.3 is 5.97 Å². The Morgan fingerprint density at radius 1 is 1.05 bits per heavy atom. The monoisotopic (exact) mass is 499 g/mol. The number of fused-ring (bicyclic) bond motifs is 4. The maximum absolute atomic E-state index is 14.4. The quantitative estimate of drug-likeness (QED) is 0.322. The normalized spacial score (nSPS) is 22.6. The molecule has 2 heterocycles. The first-order valence-electron chi connectivity index (χ1n) is 12.3. The van der Waals surface area contributed by atoms with Crippen molar-refractivity contribution in [1.82, 2.24) is 15.0 Å². The number of H-pyrrole nitrogens is 1. The molecule has 37 heavy (non-hydrogen) atoms. The number of aliphatic carboxylic acids is 1. The van der Waals surface area contributed by atoms with E-state index in [9.17, 15) is 18.7 Å². The van der Waals surface area contributed by atoms with Gasteiger partial charge in [-0.2, -0.15) is 5.26 Å². The van der Waals surface area contributed by atoms with E-state index < -0.39 is 23.5 Å². The number of nitriles is 1. The third kappa shape index (κ3) is 4.08. The summed E-state index contributed by atoms with van der Waals surface area (Å²) in [6.45, 7) is 0.